The van der Waals surface area contributed by atoms with Crippen molar-refractivity contribution in [3.8, 4) is 6.07 Å². The Morgan fingerprint density at radius 3 is 2.45 bits per heavy atom. The molecule has 0 aliphatic carbocycles. The average molecular weight is 320 g/mol. The number of nitrogens with zero attached hydrogens (tertiary/aromatic N) is 3. The molecule has 1 heterocycles. The van der Waals surface area contributed by atoms with Gasteiger partial charge in [0.05, 0.1) is 12.5 Å². The Balaban J connectivity index is 1.92. The van der Waals surface area contributed by atoms with E-state index < -0.39 is 0 Å². The lowest BCUT2D eigenvalue weighted by molar-refractivity contribution is -0.132. The van der Waals surface area contributed by atoms with Crippen molar-refractivity contribution in [2.75, 3.05) is 26.2 Å². The third-order valence-corrected chi connectivity index (χ3v) is 3.91. The summed E-state index contributed by atoms with van der Waals surface area (Å²) in [6, 6.07) is 9.15. The summed E-state index contributed by atoms with van der Waals surface area (Å²) in [5.74, 6) is -0.122. The van der Waals surface area contributed by atoms with Crippen LogP contribution in [0.4, 0.5) is 0 Å². The first-order chi connectivity index (χ1) is 10.6. The molecule has 0 spiro atoms. The minimum atomic E-state index is -0.161. The second-order valence-corrected chi connectivity index (χ2v) is 5.69. The van der Waals surface area contributed by atoms with Crippen molar-refractivity contribution in [2.45, 2.75) is 19.3 Å². The molecule has 0 unspecified atom stereocenters. The van der Waals surface area contributed by atoms with Crippen molar-refractivity contribution >= 4 is 23.4 Å². The highest BCUT2D eigenvalue weighted by molar-refractivity contribution is 6.30. The molecule has 1 saturated heterocycles. The van der Waals surface area contributed by atoms with E-state index in [1.807, 2.05) is 18.2 Å². The number of carbonyl (C=O) groups is 2. The molecule has 1 aromatic rings. The number of hydrogen-bond donors (Lipinski definition) is 0. The zero-order valence-electron chi connectivity index (χ0n) is 12.3. The van der Waals surface area contributed by atoms with E-state index in [4.69, 9.17) is 16.9 Å². The fraction of sp³-hybridized carbons (Fsp3) is 0.438. The van der Waals surface area contributed by atoms with Crippen molar-refractivity contribution in [2.24, 2.45) is 0 Å². The first kappa shape index (κ1) is 16.3. The average Bonchev–Trinajstić information content (AvgIpc) is 2.73. The Bertz CT molecular complexity index is 597. The van der Waals surface area contributed by atoms with Gasteiger partial charge in [0.2, 0.25) is 11.8 Å². The quantitative estimate of drug-likeness (QED) is 0.854. The molecule has 0 bridgehead atoms. The standard InChI is InChI=1S/C16H18ClN3O2/c17-14-4-1-3-13(11-14)12-16(22)20-8-2-7-19(9-10-20)15(21)5-6-18/h1,3-4,11H,2,5,7-10,12H2. The van der Waals surface area contributed by atoms with Crippen molar-refractivity contribution in [3.05, 3.63) is 34.9 Å². The summed E-state index contributed by atoms with van der Waals surface area (Å²) < 4.78 is 0. The molecular weight excluding hydrogens is 302 g/mol. The Kier molecular flexibility index (Phi) is 5.79. The van der Waals surface area contributed by atoms with E-state index in [0.29, 0.717) is 37.6 Å². The predicted octanol–water partition coefficient (Wildman–Crippen LogP) is 1.86. The SMILES string of the molecule is N#CCC(=O)N1CCCN(C(=O)Cc2cccc(Cl)c2)CC1. The lowest BCUT2D eigenvalue weighted by Crippen LogP contribution is -2.37. The number of benzene rings is 1. The van der Waals surface area contributed by atoms with Gasteiger partial charge < -0.3 is 9.80 Å². The summed E-state index contributed by atoms with van der Waals surface area (Å²) in [4.78, 5) is 27.5. The van der Waals surface area contributed by atoms with Crippen molar-refractivity contribution < 1.29 is 9.59 Å². The van der Waals surface area contributed by atoms with E-state index in [1.54, 1.807) is 21.9 Å². The topological polar surface area (TPSA) is 64.4 Å². The van der Waals surface area contributed by atoms with E-state index in [0.717, 1.165) is 12.0 Å². The van der Waals surface area contributed by atoms with Crippen LogP contribution in [0, 0.1) is 11.3 Å². The summed E-state index contributed by atoms with van der Waals surface area (Å²) in [7, 11) is 0. The van der Waals surface area contributed by atoms with Gasteiger partial charge in [-0.3, -0.25) is 9.59 Å². The third kappa shape index (κ3) is 4.47. The highest BCUT2D eigenvalue weighted by Gasteiger charge is 2.21. The van der Waals surface area contributed by atoms with E-state index in [-0.39, 0.29) is 18.2 Å². The molecule has 6 heteroatoms. The van der Waals surface area contributed by atoms with Gasteiger partial charge in [-0.1, -0.05) is 23.7 Å². The molecule has 0 radical (unpaired) electrons. The Morgan fingerprint density at radius 2 is 1.82 bits per heavy atom. The maximum absolute atomic E-state index is 12.4. The minimum Gasteiger partial charge on any atom is -0.341 e. The monoisotopic (exact) mass is 319 g/mol. The van der Waals surface area contributed by atoms with Gasteiger partial charge in [-0.25, -0.2) is 0 Å². The van der Waals surface area contributed by atoms with Crippen molar-refractivity contribution in [3.63, 3.8) is 0 Å². The highest BCUT2D eigenvalue weighted by atomic mass is 35.5. The molecule has 116 valence electrons. The fourth-order valence-electron chi connectivity index (χ4n) is 2.53. The van der Waals surface area contributed by atoms with Crippen LogP contribution >= 0.6 is 11.6 Å². The molecule has 2 amide bonds. The van der Waals surface area contributed by atoms with Crippen LogP contribution in [0.2, 0.25) is 5.02 Å². The molecule has 1 aromatic carbocycles. The van der Waals surface area contributed by atoms with Gasteiger partial charge in [0, 0.05) is 31.2 Å². The van der Waals surface area contributed by atoms with E-state index in [9.17, 15) is 9.59 Å². The fourth-order valence-corrected chi connectivity index (χ4v) is 2.74. The van der Waals surface area contributed by atoms with E-state index >= 15 is 0 Å². The number of hydrogen-bond acceptors (Lipinski definition) is 3. The van der Waals surface area contributed by atoms with Crippen LogP contribution < -0.4 is 0 Å². The zero-order valence-corrected chi connectivity index (χ0v) is 13.1. The molecule has 5 nitrogen and oxygen atoms in total. The molecule has 0 saturated carbocycles. The third-order valence-electron chi connectivity index (χ3n) is 3.68. The number of carbonyl (C=O) groups excluding carboxylic acids is 2. The molecule has 1 fully saturated rings. The van der Waals surface area contributed by atoms with Gasteiger partial charge >= 0.3 is 0 Å². The van der Waals surface area contributed by atoms with Crippen LogP contribution in [0.3, 0.4) is 0 Å². The summed E-state index contributed by atoms with van der Waals surface area (Å²) in [5, 5.41) is 9.21. The van der Waals surface area contributed by atoms with Crippen LogP contribution in [-0.4, -0.2) is 47.8 Å². The first-order valence-electron chi connectivity index (χ1n) is 7.27. The molecule has 22 heavy (non-hydrogen) atoms. The molecule has 0 atom stereocenters. The molecule has 0 N–H and O–H groups in total. The number of nitriles is 1. The normalized spacial score (nSPS) is 15.1. The molecular formula is C16H18ClN3O2. The maximum atomic E-state index is 12.4. The molecule has 0 aromatic heterocycles. The predicted molar refractivity (Wildman–Crippen MR) is 83.2 cm³/mol. The van der Waals surface area contributed by atoms with Gasteiger partial charge in [-0.2, -0.15) is 5.26 Å². The molecule has 1 aliphatic rings. The minimum absolute atomic E-state index is 0.0387. The van der Waals surface area contributed by atoms with Crippen molar-refractivity contribution in [1.29, 1.82) is 5.26 Å². The summed E-state index contributed by atoms with van der Waals surface area (Å²) in [5.41, 5.74) is 0.888. The van der Waals surface area contributed by atoms with E-state index in [2.05, 4.69) is 0 Å². The van der Waals surface area contributed by atoms with Crippen molar-refractivity contribution in [1.82, 2.24) is 9.80 Å². The Hall–Kier alpha value is -2.06. The highest BCUT2D eigenvalue weighted by Crippen LogP contribution is 2.13. The van der Waals surface area contributed by atoms with Gasteiger partial charge in [-0.05, 0) is 24.1 Å². The molecule has 2 rings (SSSR count). The lowest BCUT2D eigenvalue weighted by atomic mass is 10.1. The second-order valence-electron chi connectivity index (χ2n) is 5.26. The smallest absolute Gasteiger partial charge is 0.236 e. The number of rotatable bonds is 3. The van der Waals surface area contributed by atoms with E-state index in [1.165, 1.54) is 0 Å². The lowest BCUT2D eigenvalue weighted by Gasteiger charge is -2.21. The van der Waals surface area contributed by atoms with Crippen LogP contribution in [0.25, 0.3) is 0 Å². The summed E-state index contributed by atoms with van der Waals surface area (Å²) in [6.45, 7) is 2.23. The Labute approximate surface area is 135 Å². The largest absolute Gasteiger partial charge is 0.341 e. The Morgan fingerprint density at radius 1 is 1.14 bits per heavy atom. The van der Waals surface area contributed by atoms with Crippen LogP contribution in [0.15, 0.2) is 24.3 Å². The van der Waals surface area contributed by atoms with Gasteiger partial charge in [0.25, 0.3) is 0 Å². The summed E-state index contributed by atoms with van der Waals surface area (Å²) >= 11 is 5.93. The van der Waals surface area contributed by atoms with Crippen LogP contribution in [0.5, 0.6) is 0 Å². The van der Waals surface area contributed by atoms with Gasteiger partial charge in [0.1, 0.15) is 6.42 Å². The maximum Gasteiger partial charge on any atom is 0.236 e. The summed E-state index contributed by atoms with van der Waals surface area (Å²) in [6.07, 6.45) is 0.946. The molecule has 1 aliphatic heterocycles. The zero-order chi connectivity index (χ0) is 15.9. The first-order valence-corrected chi connectivity index (χ1v) is 7.65. The van der Waals surface area contributed by atoms with Crippen LogP contribution in [-0.2, 0) is 16.0 Å². The van der Waals surface area contributed by atoms with Gasteiger partial charge in [-0.15, -0.1) is 0 Å². The number of halogens is 1. The second kappa shape index (κ2) is 7.81. The van der Waals surface area contributed by atoms with Crippen LogP contribution in [0.1, 0.15) is 18.4 Å². The number of amides is 2. The van der Waals surface area contributed by atoms with Gasteiger partial charge in [0.15, 0.2) is 0 Å².